The second-order valence-electron chi connectivity index (χ2n) is 3.78. The van der Waals surface area contributed by atoms with E-state index in [0.29, 0.717) is 18.3 Å². The lowest BCUT2D eigenvalue weighted by Crippen LogP contribution is -2.01. The van der Waals surface area contributed by atoms with Crippen LogP contribution in [0, 0.1) is 23.1 Å². The lowest BCUT2D eigenvalue weighted by molar-refractivity contribution is 0.288. The molecule has 80 valence electrons. The minimum atomic E-state index is -0.528. The van der Waals surface area contributed by atoms with Gasteiger partial charge in [-0.3, -0.25) is 0 Å². The smallest absolute Gasteiger partial charge is 0.144 e. The Labute approximate surface area is 89.3 Å². The van der Waals surface area contributed by atoms with Crippen LogP contribution < -0.4 is 4.74 Å². The first-order valence-electron chi connectivity index (χ1n) is 4.96. The highest BCUT2D eigenvalue weighted by atomic mass is 19.1. The van der Waals surface area contributed by atoms with Crippen LogP contribution in [0.25, 0.3) is 0 Å². The van der Waals surface area contributed by atoms with Gasteiger partial charge in [0.2, 0.25) is 0 Å². The van der Waals surface area contributed by atoms with Gasteiger partial charge >= 0.3 is 0 Å². The fraction of sp³-hybridized carbons (Fsp3) is 0.417. The molecule has 0 aliphatic rings. The highest BCUT2D eigenvalue weighted by Crippen LogP contribution is 2.16. The molecule has 3 heteroatoms. The van der Waals surface area contributed by atoms with Gasteiger partial charge in [-0.15, -0.1) is 0 Å². The van der Waals surface area contributed by atoms with Crippen LogP contribution in [0.1, 0.15) is 25.8 Å². The SMILES string of the molecule is CC(C)CCOc1ccc(C#N)c(F)c1. The number of benzene rings is 1. The van der Waals surface area contributed by atoms with Crippen LogP contribution in [0.5, 0.6) is 5.75 Å². The number of hydrogen-bond donors (Lipinski definition) is 0. The standard InChI is InChI=1S/C12H14FNO/c1-9(2)5-6-15-11-4-3-10(8-14)12(13)7-11/h3-4,7,9H,5-6H2,1-2H3. The van der Waals surface area contributed by atoms with Crippen LogP contribution >= 0.6 is 0 Å². The van der Waals surface area contributed by atoms with Crippen molar-refractivity contribution in [1.29, 1.82) is 5.26 Å². The molecule has 0 saturated heterocycles. The quantitative estimate of drug-likeness (QED) is 0.759. The number of rotatable bonds is 4. The number of halogens is 1. The Kier molecular flexibility index (Phi) is 4.11. The first-order valence-corrected chi connectivity index (χ1v) is 4.96. The summed E-state index contributed by atoms with van der Waals surface area (Å²) in [6.45, 7) is 4.77. The second-order valence-corrected chi connectivity index (χ2v) is 3.78. The van der Waals surface area contributed by atoms with E-state index in [2.05, 4.69) is 13.8 Å². The van der Waals surface area contributed by atoms with Gasteiger partial charge < -0.3 is 4.74 Å². The predicted molar refractivity (Wildman–Crippen MR) is 56.1 cm³/mol. The minimum Gasteiger partial charge on any atom is -0.493 e. The molecule has 0 radical (unpaired) electrons. The molecule has 1 aromatic rings. The van der Waals surface area contributed by atoms with Gasteiger partial charge in [0.25, 0.3) is 0 Å². The van der Waals surface area contributed by atoms with Crippen LogP contribution in [-0.4, -0.2) is 6.61 Å². The first-order chi connectivity index (χ1) is 7.13. The molecule has 1 rings (SSSR count). The Morgan fingerprint density at radius 1 is 1.47 bits per heavy atom. The van der Waals surface area contributed by atoms with Crippen LogP contribution in [0.4, 0.5) is 4.39 Å². The topological polar surface area (TPSA) is 33.0 Å². The van der Waals surface area contributed by atoms with Gasteiger partial charge in [-0.25, -0.2) is 4.39 Å². The van der Waals surface area contributed by atoms with E-state index in [-0.39, 0.29) is 5.56 Å². The summed E-state index contributed by atoms with van der Waals surface area (Å²) >= 11 is 0. The molecule has 0 unspecified atom stereocenters. The summed E-state index contributed by atoms with van der Waals surface area (Å²) in [6, 6.07) is 6.06. The fourth-order valence-corrected chi connectivity index (χ4v) is 1.09. The molecule has 0 fully saturated rings. The third-order valence-corrected chi connectivity index (χ3v) is 2.02. The number of hydrogen-bond acceptors (Lipinski definition) is 2. The van der Waals surface area contributed by atoms with Gasteiger partial charge in [-0.05, 0) is 24.5 Å². The van der Waals surface area contributed by atoms with Crippen LogP contribution in [0.2, 0.25) is 0 Å². The van der Waals surface area contributed by atoms with Crippen LogP contribution in [0.3, 0.4) is 0 Å². The maximum atomic E-state index is 13.1. The van der Waals surface area contributed by atoms with E-state index < -0.39 is 5.82 Å². The average molecular weight is 207 g/mol. The summed E-state index contributed by atoms with van der Waals surface area (Å²) in [4.78, 5) is 0. The van der Waals surface area contributed by atoms with Crippen molar-refractivity contribution in [3.8, 4) is 11.8 Å². The van der Waals surface area contributed by atoms with E-state index in [1.165, 1.54) is 12.1 Å². The monoisotopic (exact) mass is 207 g/mol. The molecule has 0 spiro atoms. The van der Waals surface area contributed by atoms with Crippen molar-refractivity contribution in [3.05, 3.63) is 29.6 Å². The van der Waals surface area contributed by atoms with Crippen LogP contribution in [0.15, 0.2) is 18.2 Å². The number of nitriles is 1. The van der Waals surface area contributed by atoms with Crippen molar-refractivity contribution >= 4 is 0 Å². The van der Waals surface area contributed by atoms with Gasteiger partial charge in [-0.2, -0.15) is 5.26 Å². The molecule has 2 nitrogen and oxygen atoms in total. The lowest BCUT2D eigenvalue weighted by atomic mass is 10.1. The molecule has 0 atom stereocenters. The molecule has 1 aromatic carbocycles. The van der Waals surface area contributed by atoms with Crippen molar-refractivity contribution < 1.29 is 9.13 Å². The molecule has 0 N–H and O–H groups in total. The molecule has 0 amide bonds. The summed E-state index contributed by atoms with van der Waals surface area (Å²) in [7, 11) is 0. The maximum Gasteiger partial charge on any atom is 0.144 e. The van der Waals surface area contributed by atoms with E-state index in [0.717, 1.165) is 6.42 Å². The Morgan fingerprint density at radius 2 is 2.20 bits per heavy atom. The Bertz CT molecular complexity index is 368. The van der Waals surface area contributed by atoms with Gasteiger partial charge in [-0.1, -0.05) is 13.8 Å². The predicted octanol–water partition coefficient (Wildman–Crippen LogP) is 3.12. The van der Waals surface area contributed by atoms with Gasteiger partial charge in [0.15, 0.2) is 0 Å². The van der Waals surface area contributed by atoms with Gasteiger partial charge in [0, 0.05) is 6.07 Å². The van der Waals surface area contributed by atoms with Crippen molar-refractivity contribution in [2.75, 3.05) is 6.61 Å². The molecule has 0 aliphatic carbocycles. The molecule has 0 heterocycles. The van der Waals surface area contributed by atoms with Crippen molar-refractivity contribution in [2.24, 2.45) is 5.92 Å². The Hall–Kier alpha value is -1.56. The van der Waals surface area contributed by atoms with Crippen molar-refractivity contribution in [1.82, 2.24) is 0 Å². The molecular formula is C12H14FNO. The molecule has 15 heavy (non-hydrogen) atoms. The second kappa shape index (κ2) is 5.35. The summed E-state index contributed by atoms with van der Waals surface area (Å²) in [5, 5.41) is 8.53. The van der Waals surface area contributed by atoms with Gasteiger partial charge in [0.05, 0.1) is 12.2 Å². The van der Waals surface area contributed by atoms with E-state index >= 15 is 0 Å². The highest BCUT2D eigenvalue weighted by Gasteiger charge is 2.03. The Morgan fingerprint density at radius 3 is 2.73 bits per heavy atom. The van der Waals surface area contributed by atoms with Crippen LogP contribution in [-0.2, 0) is 0 Å². The number of nitrogens with zero attached hydrogens (tertiary/aromatic N) is 1. The summed E-state index contributed by atoms with van der Waals surface area (Å²) in [5.41, 5.74) is 0.0474. The third-order valence-electron chi connectivity index (χ3n) is 2.02. The maximum absolute atomic E-state index is 13.1. The molecule has 0 aromatic heterocycles. The van der Waals surface area contributed by atoms with E-state index in [1.807, 2.05) is 0 Å². The Balaban J connectivity index is 2.57. The van der Waals surface area contributed by atoms with E-state index in [9.17, 15) is 4.39 Å². The molecule has 0 bridgehead atoms. The summed E-state index contributed by atoms with van der Waals surface area (Å²) in [5.74, 6) is 0.514. The largest absolute Gasteiger partial charge is 0.493 e. The van der Waals surface area contributed by atoms with Crippen molar-refractivity contribution in [3.63, 3.8) is 0 Å². The fourth-order valence-electron chi connectivity index (χ4n) is 1.09. The molecule has 0 saturated carbocycles. The minimum absolute atomic E-state index is 0.0474. The zero-order valence-electron chi connectivity index (χ0n) is 8.96. The molecule has 0 aliphatic heterocycles. The first kappa shape index (κ1) is 11.5. The normalized spacial score (nSPS) is 10.1. The summed E-state index contributed by atoms with van der Waals surface area (Å²) in [6.07, 6.45) is 0.932. The van der Waals surface area contributed by atoms with Gasteiger partial charge in [0.1, 0.15) is 17.6 Å². The van der Waals surface area contributed by atoms with E-state index in [4.69, 9.17) is 10.00 Å². The zero-order valence-corrected chi connectivity index (χ0v) is 8.96. The lowest BCUT2D eigenvalue weighted by Gasteiger charge is -2.08. The molecular weight excluding hydrogens is 193 g/mol. The third kappa shape index (κ3) is 3.59. The van der Waals surface area contributed by atoms with E-state index in [1.54, 1.807) is 12.1 Å². The zero-order chi connectivity index (χ0) is 11.3. The summed E-state index contributed by atoms with van der Waals surface area (Å²) < 4.78 is 18.5. The number of ether oxygens (including phenoxy) is 1. The highest BCUT2D eigenvalue weighted by molar-refractivity contribution is 5.36. The average Bonchev–Trinajstić information content (AvgIpc) is 2.17. The van der Waals surface area contributed by atoms with Crippen molar-refractivity contribution in [2.45, 2.75) is 20.3 Å².